The van der Waals surface area contributed by atoms with Crippen LogP contribution in [0.25, 0.3) is 10.6 Å². The fraction of sp³-hybridized carbons (Fsp3) is 0.450. The molecule has 2 unspecified atom stereocenters. The Labute approximate surface area is 163 Å². The van der Waals surface area contributed by atoms with Gasteiger partial charge in [-0.05, 0) is 38.5 Å². The van der Waals surface area contributed by atoms with E-state index < -0.39 is 0 Å². The van der Waals surface area contributed by atoms with E-state index in [-0.39, 0.29) is 23.4 Å². The quantitative estimate of drug-likeness (QED) is 0.755. The van der Waals surface area contributed by atoms with Crippen LogP contribution in [-0.4, -0.2) is 34.0 Å². The van der Waals surface area contributed by atoms with E-state index in [1.165, 1.54) is 4.88 Å². The molecule has 2 aromatic rings. The first-order valence-electron chi connectivity index (χ1n) is 9.30. The Hall–Kier alpha value is -2.41. The summed E-state index contributed by atoms with van der Waals surface area (Å²) in [4.78, 5) is 22.9. The maximum atomic E-state index is 11.5. The van der Waals surface area contributed by atoms with Crippen molar-refractivity contribution in [1.29, 1.82) is 0 Å². The number of anilines is 1. The third kappa shape index (κ3) is 4.13. The lowest BCUT2D eigenvalue weighted by molar-refractivity contribution is -0.119. The van der Waals surface area contributed by atoms with Crippen molar-refractivity contribution in [3.8, 4) is 10.6 Å². The van der Waals surface area contributed by atoms with E-state index in [4.69, 9.17) is 4.98 Å². The summed E-state index contributed by atoms with van der Waals surface area (Å²) in [6, 6.07) is 6.40. The molecule has 2 aromatic heterocycles. The van der Waals surface area contributed by atoms with E-state index in [0.29, 0.717) is 12.4 Å². The summed E-state index contributed by atoms with van der Waals surface area (Å²) in [5.74, 6) is 1.06. The number of rotatable bonds is 4. The lowest BCUT2D eigenvalue weighted by atomic mass is 9.88. The normalized spacial score (nSPS) is 24.4. The highest BCUT2D eigenvalue weighted by Crippen LogP contribution is 2.34. The highest BCUT2D eigenvalue weighted by Gasteiger charge is 2.29. The molecule has 0 aromatic carbocycles. The summed E-state index contributed by atoms with van der Waals surface area (Å²) in [5.41, 5.74) is 1.97. The van der Waals surface area contributed by atoms with Gasteiger partial charge in [-0.3, -0.25) is 4.79 Å². The van der Waals surface area contributed by atoms with Crippen molar-refractivity contribution in [2.24, 2.45) is 0 Å². The van der Waals surface area contributed by atoms with E-state index in [1.807, 2.05) is 6.07 Å². The van der Waals surface area contributed by atoms with E-state index >= 15 is 0 Å². The molecule has 0 saturated carbocycles. The topological polar surface area (TPSA) is 78.9 Å². The second-order valence-corrected chi connectivity index (χ2v) is 9.15. The summed E-state index contributed by atoms with van der Waals surface area (Å²) in [5, 5.41) is 9.81. The molecule has 2 atom stereocenters. The van der Waals surface area contributed by atoms with Gasteiger partial charge in [0.1, 0.15) is 0 Å². The molecule has 2 fully saturated rings. The van der Waals surface area contributed by atoms with Gasteiger partial charge in [0.2, 0.25) is 11.9 Å². The number of carbonyl (C=O) groups excluding carboxylic acids is 1. The number of hydrogen-bond donors (Lipinski definition) is 3. The number of nitrogens with one attached hydrogen (secondary N) is 3. The number of hydrogen-bond acceptors (Lipinski definition) is 6. The molecule has 142 valence electrons. The number of piperidine rings is 1. The summed E-state index contributed by atoms with van der Waals surface area (Å²) in [6.07, 6.45) is 4.21. The van der Waals surface area contributed by atoms with Crippen molar-refractivity contribution in [3.05, 3.63) is 41.5 Å². The zero-order valence-corrected chi connectivity index (χ0v) is 16.5. The smallest absolute Gasteiger partial charge is 0.223 e. The molecule has 2 saturated heterocycles. The fourth-order valence-electron chi connectivity index (χ4n) is 3.93. The van der Waals surface area contributed by atoms with Gasteiger partial charge in [-0.15, -0.1) is 11.3 Å². The first-order valence-corrected chi connectivity index (χ1v) is 10.1. The second kappa shape index (κ2) is 6.96. The Bertz CT molecular complexity index is 875. The van der Waals surface area contributed by atoms with Crippen LogP contribution >= 0.6 is 11.3 Å². The molecule has 6 nitrogen and oxygen atoms in total. The molecule has 0 bridgehead atoms. The number of nitrogens with zero attached hydrogens (tertiary/aromatic N) is 2. The SMILES string of the molecule is C=C1CC(Nc2nccc(-c3ccc(C4CNC(=O)C4)s3)n2)CC(C)(C)N1. The number of amides is 1. The highest BCUT2D eigenvalue weighted by atomic mass is 32.1. The van der Waals surface area contributed by atoms with Crippen LogP contribution < -0.4 is 16.0 Å². The molecular weight excluding hydrogens is 358 g/mol. The Morgan fingerprint density at radius 3 is 2.89 bits per heavy atom. The molecule has 7 heteroatoms. The minimum atomic E-state index is 0.0139. The molecule has 3 N–H and O–H groups in total. The number of carbonyl (C=O) groups is 1. The monoisotopic (exact) mass is 383 g/mol. The summed E-state index contributed by atoms with van der Waals surface area (Å²) >= 11 is 1.71. The third-order valence-corrected chi connectivity index (χ3v) is 6.28. The van der Waals surface area contributed by atoms with Crippen molar-refractivity contribution in [2.45, 2.75) is 50.6 Å². The van der Waals surface area contributed by atoms with Gasteiger partial charge in [0.05, 0.1) is 10.6 Å². The molecule has 0 spiro atoms. The van der Waals surface area contributed by atoms with Crippen LogP contribution in [0.5, 0.6) is 0 Å². The standard InChI is InChI=1S/C20H25N5OS/c1-12-8-14(10-20(2,3)25-12)23-19-21-7-6-15(24-19)17-5-4-16(27-17)13-9-18(26)22-11-13/h4-7,13-14,25H,1,8-11H2,2-3H3,(H,22,26)(H,21,23,24). The molecule has 4 rings (SSSR count). The van der Waals surface area contributed by atoms with Gasteiger partial charge in [0.15, 0.2) is 0 Å². The lowest BCUT2D eigenvalue weighted by Gasteiger charge is -2.38. The largest absolute Gasteiger partial charge is 0.384 e. The molecule has 2 aliphatic heterocycles. The van der Waals surface area contributed by atoms with Gasteiger partial charge < -0.3 is 16.0 Å². The van der Waals surface area contributed by atoms with Gasteiger partial charge in [-0.2, -0.15) is 0 Å². The summed E-state index contributed by atoms with van der Waals surface area (Å²) in [7, 11) is 0. The maximum absolute atomic E-state index is 11.5. The van der Waals surface area contributed by atoms with Crippen LogP contribution in [0.15, 0.2) is 36.7 Å². The van der Waals surface area contributed by atoms with Gasteiger partial charge in [0.25, 0.3) is 0 Å². The van der Waals surface area contributed by atoms with Crippen molar-refractivity contribution >= 4 is 23.2 Å². The van der Waals surface area contributed by atoms with E-state index in [0.717, 1.165) is 35.7 Å². The summed E-state index contributed by atoms with van der Waals surface area (Å²) < 4.78 is 0. The highest BCUT2D eigenvalue weighted by molar-refractivity contribution is 7.15. The van der Waals surface area contributed by atoms with Crippen LogP contribution in [0.4, 0.5) is 5.95 Å². The van der Waals surface area contributed by atoms with Crippen molar-refractivity contribution < 1.29 is 4.79 Å². The van der Waals surface area contributed by atoms with Gasteiger partial charge in [-0.1, -0.05) is 6.58 Å². The Morgan fingerprint density at radius 1 is 1.30 bits per heavy atom. The first-order chi connectivity index (χ1) is 12.9. The predicted molar refractivity (Wildman–Crippen MR) is 109 cm³/mol. The molecular formula is C20H25N5OS. The average molecular weight is 384 g/mol. The third-order valence-electron chi connectivity index (χ3n) is 5.01. The molecule has 2 aliphatic rings. The van der Waals surface area contributed by atoms with Crippen LogP contribution in [0.1, 0.15) is 43.9 Å². The number of aromatic nitrogens is 2. The van der Waals surface area contributed by atoms with Crippen molar-refractivity contribution in [3.63, 3.8) is 0 Å². The first kappa shape index (κ1) is 18.0. The predicted octanol–water partition coefficient (Wildman–Crippen LogP) is 3.26. The minimum absolute atomic E-state index is 0.0139. The lowest BCUT2D eigenvalue weighted by Crippen LogP contribution is -2.48. The van der Waals surface area contributed by atoms with Crippen LogP contribution in [0.3, 0.4) is 0 Å². The van der Waals surface area contributed by atoms with E-state index in [9.17, 15) is 4.79 Å². The second-order valence-electron chi connectivity index (χ2n) is 8.03. The zero-order valence-electron chi connectivity index (χ0n) is 15.7. The van der Waals surface area contributed by atoms with E-state index in [1.54, 1.807) is 17.5 Å². The van der Waals surface area contributed by atoms with Crippen LogP contribution in [0.2, 0.25) is 0 Å². The van der Waals surface area contributed by atoms with E-state index in [2.05, 4.69) is 53.5 Å². The average Bonchev–Trinajstić information content (AvgIpc) is 3.22. The van der Waals surface area contributed by atoms with Gasteiger partial charge in [0, 0.05) is 53.7 Å². The molecule has 4 heterocycles. The zero-order chi connectivity index (χ0) is 19.0. The Balaban J connectivity index is 1.49. The number of thiophene rings is 1. The van der Waals surface area contributed by atoms with Gasteiger partial charge >= 0.3 is 0 Å². The Kier molecular flexibility index (Phi) is 4.63. The molecule has 0 radical (unpaired) electrons. The molecule has 0 aliphatic carbocycles. The van der Waals surface area contributed by atoms with Crippen LogP contribution in [0, 0.1) is 0 Å². The van der Waals surface area contributed by atoms with Crippen LogP contribution in [-0.2, 0) is 4.79 Å². The maximum Gasteiger partial charge on any atom is 0.223 e. The fourth-order valence-corrected chi connectivity index (χ4v) is 5.01. The van der Waals surface area contributed by atoms with Crippen molar-refractivity contribution in [2.75, 3.05) is 11.9 Å². The Morgan fingerprint density at radius 2 is 2.15 bits per heavy atom. The molecule has 27 heavy (non-hydrogen) atoms. The summed E-state index contributed by atoms with van der Waals surface area (Å²) in [6.45, 7) is 9.18. The van der Waals surface area contributed by atoms with Gasteiger partial charge in [-0.25, -0.2) is 9.97 Å². The molecule has 1 amide bonds. The van der Waals surface area contributed by atoms with Crippen molar-refractivity contribution in [1.82, 2.24) is 20.6 Å². The minimum Gasteiger partial charge on any atom is -0.384 e.